The quantitative estimate of drug-likeness (QED) is 0.512. The SMILES string of the molecule is O=C(O)CCCn1c(-c2ccc(Cl)cc2)csc1=Nc1ccccc1C(F)(F)F. The minimum absolute atomic E-state index is 0.0541. The minimum atomic E-state index is -4.52. The highest BCUT2D eigenvalue weighted by molar-refractivity contribution is 7.07. The number of hydrogen-bond donors (Lipinski definition) is 1. The largest absolute Gasteiger partial charge is 0.481 e. The zero-order chi connectivity index (χ0) is 21.0. The van der Waals surface area contributed by atoms with Crippen molar-refractivity contribution in [3.05, 3.63) is 69.3 Å². The van der Waals surface area contributed by atoms with Crippen molar-refractivity contribution >= 4 is 34.6 Å². The Morgan fingerprint density at radius 1 is 1.14 bits per heavy atom. The number of aromatic nitrogens is 1. The molecule has 0 bridgehead atoms. The molecule has 0 aliphatic carbocycles. The Hall–Kier alpha value is -2.58. The summed E-state index contributed by atoms with van der Waals surface area (Å²) in [4.78, 5) is 15.5. The summed E-state index contributed by atoms with van der Waals surface area (Å²) in [5, 5.41) is 11.3. The average Bonchev–Trinajstić information content (AvgIpc) is 3.04. The third-order valence-corrected chi connectivity index (χ3v) is 5.25. The number of rotatable bonds is 6. The van der Waals surface area contributed by atoms with Gasteiger partial charge in [-0.2, -0.15) is 13.2 Å². The summed E-state index contributed by atoms with van der Waals surface area (Å²) < 4.78 is 41.7. The molecular formula is C20H16ClF3N2O2S. The molecule has 0 atom stereocenters. The van der Waals surface area contributed by atoms with Crippen LogP contribution in [0.25, 0.3) is 11.3 Å². The van der Waals surface area contributed by atoms with Gasteiger partial charge in [0.05, 0.1) is 16.9 Å². The van der Waals surface area contributed by atoms with Crippen LogP contribution in [0.2, 0.25) is 5.02 Å². The number of para-hydroxylation sites is 1. The molecule has 0 radical (unpaired) electrons. The molecule has 0 saturated heterocycles. The number of aliphatic carboxylic acids is 1. The summed E-state index contributed by atoms with van der Waals surface area (Å²) in [6.07, 6.45) is -4.26. The van der Waals surface area contributed by atoms with E-state index in [1.165, 1.54) is 29.5 Å². The molecule has 152 valence electrons. The van der Waals surface area contributed by atoms with E-state index in [-0.39, 0.29) is 12.1 Å². The summed E-state index contributed by atoms with van der Waals surface area (Å²) in [7, 11) is 0. The molecule has 3 rings (SSSR count). The number of thiazole rings is 1. The molecule has 1 heterocycles. The van der Waals surface area contributed by atoms with Crippen LogP contribution in [0, 0.1) is 0 Å². The molecule has 0 saturated carbocycles. The monoisotopic (exact) mass is 440 g/mol. The van der Waals surface area contributed by atoms with Crippen molar-refractivity contribution in [2.24, 2.45) is 4.99 Å². The lowest BCUT2D eigenvalue weighted by Crippen LogP contribution is -2.17. The number of nitrogens with zero attached hydrogens (tertiary/aromatic N) is 2. The Morgan fingerprint density at radius 2 is 1.83 bits per heavy atom. The zero-order valence-electron chi connectivity index (χ0n) is 15.0. The number of alkyl halides is 3. The van der Waals surface area contributed by atoms with E-state index in [0.29, 0.717) is 22.8 Å². The van der Waals surface area contributed by atoms with Gasteiger partial charge in [0.15, 0.2) is 4.80 Å². The van der Waals surface area contributed by atoms with E-state index in [1.54, 1.807) is 34.2 Å². The summed E-state index contributed by atoms with van der Waals surface area (Å²) in [5.74, 6) is -0.935. The van der Waals surface area contributed by atoms with E-state index in [1.807, 2.05) is 0 Å². The maximum atomic E-state index is 13.3. The summed E-state index contributed by atoms with van der Waals surface area (Å²) in [6.45, 7) is 0.306. The van der Waals surface area contributed by atoms with Crippen molar-refractivity contribution < 1.29 is 23.1 Å². The number of benzene rings is 2. The molecule has 0 spiro atoms. The zero-order valence-corrected chi connectivity index (χ0v) is 16.6. The van der Waals surface area contributed by atoms with Crippen LogP contribution < -0.4 is 4.80 Å². The third kappa shape index (κ3) is 5.27. The van der Waals surface area contributed by atoms with Crippen LogP contribution in [0.15, 0.2) is 58.9 Å². The van der Waals surface area contributed by atoms with Gasteiger partial charge in [0, 0.05) is 23.4 Å². The second-order valence-electron chi connectivity index (χ2n) is 6.19. The first-order valence-corrected chi connectivity index (χ1v) is 9.88. The van der Waals surface area contributed by atoms with Crippen molar-refractivity contribution in [3.8, 4) is 11.3 Å². The predicted octanol–water partition coefficient (Wildman–Crippen LogP) is 5.99. The molecule has 2 aromatic carbocycles. The summed E-state index contributed by atoms with van der Waals surface area (Å²) in [5.41, 5.74) is 0.543. The lowest BCUT2D eigenvalue weighted by Gasteiger charge is -2.11. The molecule has 1 aromatic heterocycles. The van der Waals surface area contributed by atoms with Crippen molar-refractivity contribution in [1.29, 1.82) is 0 Å². The number of hydrogen-bond acceptors (Lipinski definition) is 3. The first-order valence-electron chi connectivity index (χ1n) is 8.63. The van der Waals surface area contributed by atoms with Crippen LogP contribution in [-0.2, 0) is 17.5 Å². The fraction of sp³-hybridized carbons (Fsp3) is 0.200. The van der Waals surface area contributed by atoms with E-state index >= 15 is 0 Å². The van der Waals surface area contributed by atoms with Gasteiger partial charge in [-0.05, 0) is 36.2 Å². The molecule has 1 N–H and O–H groups in total. The summed E-state index contributed by atoms with van der Waals surface area (Å²) in [6, 6.07) is 12.1. The van der Waals surface area contributed by atoms with Gasteiger partial charge in [-0.1, -0.05) is 35.9 Å². The lowest BCUT2D eigenvalue weighted by molar-refractivity contribution is -0.138. The van der Waals surface area contributed by atoms with E-state index in [4.69, 9.17) is 16.7 Å². The molecule has 9 heteroatoms. The predicted molar refractivity (Wildman–Crippen MR) is 106 cm³/mol. The molecule has 3 aromatic rings. The molecule has 0 aliphatic heterocycles. The standard InChI is InChI=1S/C20H16ClF3N2O2S/c21-14-9-7-13(8-10-14)17-12-29-19(26(17)11-3-6-18(27)28)25-16-5-2-1-4-15(16)20(22,23)24/h1-2,4-5,7-10,12H,3,6,11H2,(H,27,28). The van der Waals surface area contributed by atoms with E-state index in [0.717, 1.165) is 17.3 Å². The first-order chi connectivity index (χ1) is 13.8. The second kappa shape index (κ2) is 8.84. The molecule has 0 aliphatic rings. The number of halogens is 4. The lowest BCUT2D eigenvalue weighted by atomic mass is 10.1. The third-order valence-electron chi connectivity index (χ3n) is 4.14. The van der Waals surface area contributed by atoms with Gasteiger partial charge in [0.2, 0.25) is 0 Å². The normalized spacial score (nSPS) is 12.3. The van der Waals surface area contributed by atoms with Gasteiger partial charge in [-0.15, -0.1) is 11.3 Å². The fourth-order valence-electron chi connectivity index (χ4n) is 2.79. The Labute approximate surface area is 173 Å². The molecule has 4 nitrogen and oxygen atoms in total. The Balaban J connectivity index is 2.10. The second-order valence-corrected chi connectivity index (χ2v) is 7.46. The fourth-order valence-corrected chi connectivity index (χ4v) is 3.86. The highest BCUT2D eigenvalue weighted by atomic mass is 35.5. The number of carbonyl (C=O) groups is 1. The van der Waals surface area contributed by atoms with Crippen molar-refractivity contribution in [2.75, 3.05) is 0 Å². The number of carboxylic acid groups (broad SMARTS) is 1. The average molecular weight is 441 g/mol. The topological polar surface area (TPSA) is 54.6 Å². The van der Waals surface area contributed by atoms with Gasteiger partial charge in [0.1, 0.15) is 0 Å². The van der Waals surface area contributed by atoms with Gasteiger partial charge >= 0.3 is 12.1 Å². The van der Waals surface area contributed by atoms with Gasteiger partial charge < -0.3 is 9.67 Å². The van der Waals surface area contributed by atoms with Crippen molar-refractivity contribution in [1.82, 2.24) is 4.57 Å². The van der Waals surface area contributed by atoms with E-state index in [9.17, 15) is 18.0 Å². The van der Waals surface area contributed by atoms with Crippen LogP contribution in [0.5, 0.6) is 0 Å². The maximum absolute atomic E-state index is 13.3. The molecular weight excluding hydrogens is 425 g/mol. The molecule has 29 heavy (non-hydrogen) atoms. The van der Waals surface area contributed by atoms with Gasteiger partial charge in [-0.25, -0.2) is 4.99 Å². The molecule has 0 fully saturated rings. The smallest absolute Gasteiger partial charge is 0.418 e. The first kappa shape index (κ1) is 21.1. The minimum Gasteiger partial charge on any atom is -0.481 e. The van der Waals surface area contributed by atoms with Crippen LogP contribution >= 0.6 is 22.9 Å². The highest BCUT2D eigenvalue weighted by Gasteiger charge is 2.33. The number of carboxylic acids is 1. The van der Waals surface area contributed by atoms with Crippen LogP contribution in [0.4, 0.5) is 18.9 Å². The maximum Gasteiger partial charge on any atom is 0.418 e. The van der Waals surface area contributed by atoms with Crippen LogP contribution in [0.3, 0.4) is 0 Å². The highest BCUT2D eigenvalue weighted by Crippen LogP contribution is 2.36. The molecule has 0 unspecified atom stereocenters. The van der Waals surface area contributed by atoms with Crippen molar-refractivity contribution in [3.63, 3.8) is 0 Å². The Kier molecular flexibility index (Phi) is 6.44. The summed E-state index contributed by atoms with van der Waals surface area (Å²) >= 11 is 7.13. The van der Waals surface area contributed by atoms with E-state index < -0.39 is 17.7 Å². The van der Waals surface area contributed by atoms with Gasteiger partial charge in [0.25, 0.3) is 0 Å². The Bertz CT molecular complexity index is 1070. The van der Waals surface area contributed by atoms with Crippen molar-refractivity contribution in [2.45, 2.75) is 25.6 Å². The Morgan fingerprint density at radius 3 is 2.48 bits per heavy atom. The van der Waals surface area contributed by atoms with Crippen LogP contribution in [-0.4, -0.2) is 15.6 Å². The van der Waals surface area contributed by atoms with Crippen LogP contribution in [0.1, 0.15) is 18.4 Å². The van der Waals surface area contributed by atoms with Gasteiger partial charge in [-0.3, -0.25) is 4.79 Å². The molecule has 0 amide bonds. The van der Waals surface area contributed by atoms with E-state index in [2.05, 4.69) is 4.99 Å².